The number of imidazole rings is 1. The number of hydrogen-bond acceptors (Lipinski definition) is 10. The number of hydrogen-bond donors (Lipinski definition) is 2. The van der Waals surface area contributed by atoms with E-state index in [1.807, 2.05) is 13.8 Å². The van der Waals surface area contributed by atoms with E-state index in [0.29, 0.717) is 23.5 Å². The van der Waals surface area contributed by atoms with Crippen molar-refractivity contribution in [1.29, 1.82) is 0 Å². The van der Waals surface area contributed by atoms with Gasteiger partial charge >= 0.3 is 0 Å². The van der Waals surface area contributed by atoms with E-state index >= 15 is 4.39 Å². The Labute approximate surface area is 247 Å². The predicted octanol–water partition coefficient (Wildman–Crippen LogP) is 5.79. The van der Waals surface area contributed by atoms with Crippen LogP contribution in [0.5, 0.6) is 0 Å². The van der Waals surface area contributed by atoms with Crippen molar-refractivity contribution >= 4 is 54.6 Å². The summed E-state index contributed by atoms with van der Waals surface area (Å²) in [5, 5.41) is 11.0. The molecule has 0 amide bonds. The summed E-state index contributed by atoms with van der Waals surface area (Å²) in [7, 11) is -2.15. The Morgan fingerprint density at radius 2 is 2.10 bits per heavy atom. The highest BCUT2D eigenvalue weighted by atomic mass is 32.9. The van der Waals surface area contributed by atoms with Gasteiger partial charge in [-0.15, -0.1) is 0 Å². The zero-order valence-electron chi connectivity index (χ0n) is 24.4. The van der Waals surface area contributed by atoms with Crippen LogP contribution in [-0.4, -0.2) is 68.8 Å². The molecule has 40 heavy (non-hydrogen) atoms. The van der Waals surface area contributed by atoms with Crippen LogP contribution in [0, 0.1) is 5.92 Å². The number of nitrogens with two attached hydrogens (primary N) is 1. The van der Waals surface area contributed by atoms with Gasteiger partial charge in [0, 0.05) is 4.75 Å². The average Bonchev–Trinajstić information content (AvgIpc) is 3.41. The number of aliphatic hydroxyl groups excluding tert-OH is 1. The van der Waals surface area contributed by atoms with Gasteiger partial charge in [-0.1, -0.05) is 56.1 Å². The molecular weight excluding hydrogens is 589 g/mol. The maximum Gasteiger partial charge on any atom is 0.192 e. The third-order valence-electron chi connectivity index (χ3n) is 8.79. The Morgan fingerprint density at radius 1 is 1.40 bits per heavy atom. The number of aliphatic hydroxyl groups is 1. The van der Waals surface area contributed by atoms with E-state index < -0.39 is 49.9 Å². The van der Waals surface area contributed by atoms with Gasteiger partial charge in [-0.25, -0.2) is 19.3 Å². The van der Waals surface area contributed by atoms with Crippen LogP contribution in [0.3, 0.4) is 0 Å². The molecule has 2 fully saturated rings. The number of nitrogens with zero attached hydrogens (tertiary/aromatic N) is 4. The van der Waals surface area contributed by atoms with Crippen molar-refractivity contribution in [3.8, 4) is 0 Å². The minimum absolute atomic E-state index is 0.0261. The third kappa shape index (κ3) is 6.51. The summed E-state index contributed by atoms with van der Waals surface area (Å²) in [5.74, 6) is 0.507. The van der Waals surface area contributed by atoms with Crippen LogP contribution >= 0.6 is 17.5 Å². The van der Waals surface area contributed by atoms with Gasteiger partial charge in [-0.2, -0.15) is 0 Å². The normalized spacial score (nSPS) is 32.4. The molecule has 1 unspecified atom stereocenters. The highest BCUT2D eigenvalue weighted by molar-refractivity contribution is 8.63. The lowest BCUT2D eigenvalue weighted by molar-refractivity contribution is -0.0400. The largest absolute Gasteiger partial charge is 0.414 e. The molecule has 4 rings (SSSR count). The molecule has 1 aliphatic heterocycles. The average molecular weight is 632 g/mol. The highest BCUT2D eigenvalue weighted by Gasteiger charge is 2.50. The monoisotopic (exact) mass is 631 g/mol. The van der Waals surface area contributed by atoms with Crippen LogP contribution < -0.4 is 5.73 Å². The highest BCUT2D eigenvalue weighted by Crippen LogP contribution is 2.56. The molecule has 3 N–H and O–H groups in total. The molecule has 9 nitrogen and oxygen atoms in total. The van der Waals surface area contributed by atoms with Crippen molar-refractivity contribution in [3.05, 3.63) is 24.8 Å². The first-order valence-corrected chi connectivity index (χ1v) is 20.6. The lowest BCUT2D eigenvalue weighted by Crippen LogP contribution is -2.44. The maximum absolute atomic E-state index is 16.3. The summed E-state index contributed by atoms with van der Waals surface area (Å²) in [4.78, 5) is 12.5. The first-order valence-electron chi connectivity index (χ1n) is 13.6. The van der Waals surface area contributed by atoms with Gasteiger partial charge in [0.25, 0.3) is 0 Å². The number of rotatable bonds is 9. The van der Waals surface area contributed by atoms with Crippen molar-refractivity contribution in [3.63, 3.8) is 0 Å². The number of aromatic nitrogens is 4. The molecule has 1 aliphatic carbocycles. The van der Waals surface area contributed by atoms with Crippen LogP contribution in [0.15, 0.2) is 24.8 Å². The zero-order chi connectivity index (χ0) is 29.6. The lowest BCUT2D eigenvalue weighted by atomic mass is 9.77. The molecule has 0 aromatic carbocycles. The van der Waals surface area contributed by atoms with Crippen molar-refractivity contribution < 1.29 is 23.2 Å². The van der Waals surface area contributed by atoms with Crippen LogP contribution in [0.2, 0.25) is 18.1 Å². The van der Waals surface area contributed by atoms with Gasteiger partial charge in [0.2, 0.25) is 0 Å². The van der Waals surface area contributed by atoms with E-state index in [2.05, 4.69) is 55.4 Å². The second-order valence-electron chi connectivity index (χ2n) is 12.7. The topological polar surface area (TPSA) is 118 Å². The molecule has 2 aliphatic rings. The van der Waals surface area contributed by atoms with Gasteiger partial charge in [-0.3, -0.25) is 4.57 Å². The quantitative estimate of drug-likeness (QED) is 0.200. The van der Waals surface area contributed by atoms with E-state index in [1.165, 1.54) is 28.6 Å². The number of anilines is 1. The van der Waals surface area contributed by atoms with E-state index in [4.69, 9.17) is 31.2 Å². The molecule has 0 bridgehead atoms. The summed E-state index contributed by atoms with van der Waals surface area (Å²) < 4.78 is 36.4. The van der Waals surface area contributed by atoms with E-state index in [9.17, 15) is 5.11 Å². The fourth-order valence-electron chi connectivity index (χ4n) is 4.91. The van der Waals surface area contributed by atoms with E-state index in [-0.39, 0.29) is 17.5 Å². The Bertz CT molecular complexity index is 1260. The smallest absolute Gasteiger partial charge is 0.192 e. The number of ether oxygens (including phenoxy) is 1. The van der Waals surface area contributed by atoms with Crippen LogP contribution in [0.4, 0.5) is 10.2 Å². The second-order valence-corrected chi connectivity index (χ2v) is 23.0. The van der Waals surface area contributed by atoms with Crippen molar-refractivity contribution in [2.45, 2.75) is 107 Å². The molecule has 0 spiro atoms. The third-order valence-corrected chi connectivity index (χ3v) is 18.1. The first kappa shape index (κ1) is 32.0. The molecule has 14 heteroatoms. The second kappa shape index (κ2) is 12.0. The van der Waals surface area contributed by atoms with Crippen LogP contribution in [0.25, 0.3) is 11.2 Å². The molecule has 1 saturated carbocycles. The number of alkyl halides is 1. The number of nitrogen functional groups attached to an aromatic ring is 1. The molecule has 0 radical (unpaired) electrons. The minimum Gasteiger partial charge on any atom is -0.414 e. The van der Waals surface area contributed by atoms with Crippen molar-refractivity contribution in [2.24, 2.45) is 5.92 Å². The Kier molecular flexibility index (Phi) is 9.59. The summed E-state index contributed by atoms with van der Waals surface area (Å²) in [6, 6.07) is 0. The number of fused-ring (bicyclic) bond motifs is 1. The summed E-state index contributed by atoms with van der Waals surface area (Å²) >= 11 is 7.29. The first-order chi connectivity index (χ1) is 18.5. The van der Waals surface area contributed by atoms with E-state index in [1.54, 1.807) is 0 Å². The predicted molar refractivity (Wildman–Crippen MR) is 166 cm³/mol. The molecule has 224 valence electrons. The fraction of sp³-hybridized carbons (Fsp3) is 0.731. The Morgan fingerprint density at radius 3 is 2.73 bits per heavy atom. The minimum atomic E-state index is -2.15. The molecule has 1 saturated heterocycles. The lowest BCUT2D eigenvalue weighted by Gasteiger charge is -2.42. The molecule has 8 atom stereocenters. The number of allylic oxidation sites excluding steroid dienone is 1. The van der Waals surface area contributed by atoms with Gasteiger partial charge in [0.15, 0.2) is 32.2 Å². The van der Waals surface area contributed by atoms with Crippen LogP contribution in [-0.2, 0) is 25.5 Å². The maximum atomic E-state index is 16.3. The molecule has 2 aromatic rings. The molecule has 3 heterocycles. The summed E-state index contributed by atoms with van der Waals surface area (Å²) in [6.07, 6.45) is -1.63. The Balaban J connectivity index is 1.55. The molecule has 2 aromatic heterocycles. The summed E-state index contributed by atoms with van der Waals surface area (Å²) in [5.41, 5.74) is 7.81. The van der Waals surface area contributed by atoms with Gasteiger partial charge in [-0.05, 0) is 57.2 Å². The van der Waals surface area contributed by atoms with Gasteiger partial charge in [0.1, 0.15) is 30.2 Å². The summed E-state index contributed by atoms with van der Waals surface area (Å²) in [6.45, 7) is 19.0. The van der Waals surface area contributed by atoms with Gasteiger partial charge in [0.05, 0.1) is 19.0 Å². The van der Waals surface area contributed by atoms with Gasteiger partial charge < -0.3 is 24.5 Å². The zero-order valence-corrected chi connectivity index (χ0v) is 28.0. The van der Waals surface area contributed by atoms with Crippen LogP contribution in [0.1, 0.15) is 60.1 Å². The molecular formula is C26H43FN5O4PS2Si. The number of halogens is 1. The van der Waals surface area contributed by atoms with Crippen molar-refractivity contribution in [1.82, 2.24) is 19.5 Å². The standard InChI is InChI=1S/C26H43FN5O4PS2Si/c1-15(2)16-9-10-26(6,18(33)11-16)39-37(38)36-21-17(12-34-40(7,8)25(3,4)5)35-24(19(21)27)32-14-31-20-22(28)29-13-30-23(20)32/h13-14,16-19,21,24,33,37H,1,9-12H2,2-8H3,(H2,28,29,30)/t16-,17-,18+,19-,21-,24-,26+/m1/s1. The fourth-order valence-corrected chi connectivity index (χ4v) is 11.7. The van der Waals surface area contributed by atoms with E-state index in [0.717, 1.165) is 18.4 Å². The Hall–Kier alpha value is -0.923. The van der Waals surface area contributed by atoms with Crippen molar-refractivity contribution in [2.75, 3.05) is 12.3 Å². The SMILES string of the molecule is C=C(C)[C@@H]1CC[C@](C)(S[PH](=S)O[C@H]2[C@@H](F)[C@H](n3cnc4c(N)ncnc43)O[C@@H]2CO[Si](C)(C)C(C)(C)C)[C@@H](O)C1.